The quantitative estimate of drug-likeness (QED) is 0.742. The fraction of sp³-hybridized carbons (Fsp3) is 0.400. The van der Waals surface area contributed by atoms with Gasteiger partial charge in [0.15, 0.2) is 5.69 Å². The predicted octanol–water partition coefficient (Wildman–Crippen LogP) is 1.70. The van der Waals surface area contributed by atoms with Gasteiger partial charge in [0.1, 0.15) is 11.9 Å². The van der Waals surface area contributed by atoms with Crippen LogP contribution in [0, 0.1) is 11.3 Å². The molecule has 1 aromatic heterocycles. The second-order valence-electron chi connectivity index (χ2n) is 3.02. The van der Waals surface area contributed by atoms with Gasteiger partial charge < -0.3 is 11.1 Å². The van der Waals surface area contributed by atoms with Gasteiger partial charge in [-0.2, -0.15) is 17.0 Å². The molecule has 0 aliphatic heterocycles. The van der Waals surface area contributed by atoms with Crippen LogP contribution in [0.3, 0.4) is 0 Å². The van der Waals surface area contributed by atoms with Crippen molar-refractivity contribution in [1.29, 1.82) is 5.26 Å². The number of pyridine rings is 1. The Hall–Kier alpha value is -1.41. The molecule has 0 aromatic carbocycles. The number of nitrogens with zero attached hydrogens (tertiary/aromatic N) is 2. The zero-order valence-electron chi connectivity index (χ0n) is 8.66. The van der Waals surface area contributed by atoms with E-state index in [0.29, 0.717) is 11.5 Å². The van der Waals surface area contributed by atoms with E-state index in [9.17, 15) is 0 Å². The van der Waals surface area contributed by atoms with Gasteiger partial charge in [0.2, 0.25) is 0 Å². The molecule has 1 heterocycles. The Bertz CT molecular complexity index is 359. The standard InChI is InChI=1S/C10H14N4S/c1-15-6-2-5-13-10-4-3-8(12)9(7-11)14-10/h3-4H,2,5-6,12H2,1H3,(H,13,14). The molecule has 0 saturated heterocycles. The van der Waals surface area contributed by atoms with Crippen molar-refractivity contribution in [1.82, 2.24) is 4.98 Å². The van der Waals surface area contributed by atoms with E-state index in [-0.39, 0.29) is 5.69 Å². The normalized spacial score (nSPS) is 9.60. The van der Waals surface area contributed by atoms with E-state index in [1.54, 1.807) is 12.1 Å². The molecule has 4 nitrogen and oxygen atoms in total. The van der Waals surface area contributed by atoms with Crippen LogP contribution in [0.5, 0.6) is 0 Å². The monoisotopic (exact) mass is 222 g/mol. The highest BCUT2D eigenvalue weighted by atomic mass is 32.2. The van der Waals surface area contributed by atoms with Crippen molar-refractivity contribution in [3.8, 4) is 6.07 Å². The molecule has 0 bridgehead atoms. The molecular weight excluding hydrogens is 208 g/mol. The third-order valence-corrected chi connectivity index (χ3v) is 2.56. The van der Waals surface area contributed by atoms with Gasteiger partial charge in [0, 0.05) is 6.54 Å². The number of nitrogen functional groups attached to an aromatic ring is 1. The summed E-state index contributed by atoms with van der Waals surface area (Å²) in [6, 6.07) is 5.44. The lowest BCUT2D eigenvalue weighted by Gasteiger charge is -2.05. The van der Waals surface area contributed by atoms with Gasteiger partial charge in [-0.15, -0.1) is 0 Å². The molecule has 1 aromatic rings. The highest BCUT2D eigenvalue weighted by molar-refractivity contribution is 7.98. The summed E-state index contributed by atoms with van der Waals surface area (Å²) in [6.45, 7) is 0.864. The average Bonchev–Trinajstić information content (AvgIpc) is 2.26. The summed E-state index contributed by atoms with van der Waals surface area (Å²) in [6.07, 6.45) is 3.16. The molecule has 1 rings (SSSR count). The molecule has 0 spiro atoms. The second kappa shape index (κ2) is 6.14. The van der Waals surface area contributed by atoms with Crippen LogP contribution in [-0.4, -0.2) is 23.5 Å². The number of nitrogens with one attached hydrogen (secondary N) is 1. The lowest BCUT2D eigenvalue weighted by Crippen LogP contribution is -2.05. The molecule has 0 saturated carbocycles. The first-order valence-electron chi connectivity index (χ1n) is 4.67. The number of hydrogen-bond donors (Lipinski definition) is 2. The lowest BCUT2D eigenvalue weighted by atomic mass is 10.3. The Kier molecular flexibility index (Phi) is 4.78. The topological polar surface area (TPSA) is 74.7 Å². The zero-order valence-corrected chi connectivity index (χ0v) is 9.47. The molecule has 0 fully saturated rings. The summed E-state index contributed by atoms with van der Waals surface area (Å²) in [4.78, 5) is 4.08. The summed E-state index contributed by atoms with van der Waals surface area (Å²) in [5.41, 5.74) is 6.27. The highest BCUT2D eigenvalue weighted by Gasteiger charge is 2.00. The molecular formula is C10H14N4S. The van der Waals surface area contributed by atoms with Gasteiger partial charge in [-0.05, 0) is 30.6 Å². The van der Waals surface area contributed by atoms with Crippen molar-refractivity contribution < 1.29 is 0 Å². The summed E-state index contributed by atoms with van der Waals surface area (Å²) >= 11 is 1.81. The predicted molar refractivity (Wildman–Crippen MR) is 64.9 cm³/mol. The Balaban J connectivity index is 2.52. The van der Waals surface area contributed by atoms with E-state index < -0.39 is 0 Å². The Morgan fingerprint density at radius 1 is 1.60 bits per heavy atom. The van der Waals surface area contributed by atoms with Crippen molar-refractivity contribution in [2.75, 3.05) is 29.6 Å². The number of hydrogen-bond acceptors (Lipinski definition) is 5. The fourth-order valence-electron chi connectivity index (χ4n) is 1.09. The molecule has 0 amide bonds. The van der Waals surface area contributed by atoms with Crippen molar-refractivity contribution >= 4 is 23.3 Å². The molecule has 15 heavy (non-hydrogen) atoms. The van der Waals surface area contributed by atoms with Gasteiger partial charge in [0.25, 0.3) is 0 Å². The summed E-state index contributed by atoms with van der Waals surface area (Å²) in [5.74, 6) is 1.83. The van der Waals surface area contributed by atoms with Crippen molar-refractivity contribution in [3.63, 3.8) is 0 Å². The first-order chi connectivity index (χ1) is 7.27. The van der Waals surface area contributed by atoms with Gasteiger partial charge in [0.05, 0.1) is 5.69 Å². The van der Waals surface area contributed by atoms with Crippen molar-refractivity contribution in [3.05, 3.63) is 17.8 Å². The van der Waals surface area contributed by atoms with Crippen LogP contribution in [0.25, 0.3) is 0 Å². The number of anilines is 2. The maximum atomic E-state index is 8.73. The van der Waals surface area contributed by atoms with Crippen LogP contribution in [0.4, 0.5) is 11.5 Å². The Morgan fingerprint density at radius 2 is 2.40 bits per heavy atom. The second-order valence-corrected chi connectivity index (χ2v) is 4.00. The molecule has 0 aliphatic rings. The van der Waals surface area contributed by atoms with Crippen LogP contribution in [0.2, 0.25) is 0 Å². The molecule has 3 N–H and O–H groups in total. The largest absolute Gasteiger partial charge is 0.396 e. The smallest absolute Gasteiger partial charge is 0.165 e. The van der Waals surface area contributed by atoms with E-state index in [1.807, 2.05) is 17.8 Å². The number of nitriles is 1. The maximum Gasteiger partial charge on any atom is 0.165 e. The number of nitrogens with two attached hydrogens (primary N) is 1. The molecule has 0 unspecified atom stereocenters. The fourth-order valence-corrected chi connectivity index (χ4v) is 1.52. The van der Waals surface area contributed by atoms with Crippen LogP contribution >= 0.6 is 11.8 Å². The average molecular weight is 222 g/mol. The van der Waals surface area contributed by atoms with E-state index >= 15 is 0 Å². The molecule has 0 radical (unpaired) electrons. The van der Waals surface area contributed by atoms with Crippen LogP contribution in [-0.2, 0) is 0 Å². The van der Waals surface area contributed by atoms with Crippen LogP contribution < -0.4 is 11.1 Å². The summed E-state index contributed by atoms with van der Waals surface area (Å²) in [7, 11) is 0. The minimum Gasteiger partial charge on any atom is -0.396 e. The number of aromatic nitrogens is 1. The Morgan fingerprint density at radius 3 is 3.07 bits per heavy atom. The molecule has 80 valence electrons. The summed E-state index contributed by atoms with van der Waals surface area (Å²) < 4.78 is 0. The minimum atomic E-state index is 0.282. The first kappa shape index (κ1) is 11.7. The van der Waals surface area contributed by atoms with E-state index in [2.05, 4.69) is 16.6 Å². The number of thioether (sulfide) groups is 1. The third kappa shape index (κ3) is 3.68. The van der Waals surface area contributed by atoms with E-state index in [0.717, 1.165) is 18.7 Å². The van der Waals surface area contributed by atoms with Gasteiger partial charge in [-0.1, -0.05) is 0 Å². The molecule has 5 heteroatoms. The minimum absolute atomic E-state index is 0.282. The molecule has 0 atom stereocenters. The zero-order chi connectivity index (χ0) is 11.1. The number of rotatable bonds is 5. The highest BCUT2D eigenvalue weighted by Crippen LogP contribution is 2.11. The lowest BCUT2D eigenvalue weighted by molar-refractivity contribution is 0.981. The summed E-state index contributed by atoms with van der Waals surface area (Å²) in [5, 5.41) is 11.9. The van der Waals surface area contributed by atoms with Crippen LogP contribution in [0.1, 0.15) is 12.1 Å². The molecule has 0 aliphatic carbocycles. The Labute approximate surface area is 93.9 Å². The van der Waals surface area contributed by atoms with E-state index in [4.69, 9.17) is 11.0 Å². The van der Waals surface area contributed by atoms with Gasteiger partial charge in [-0.25, -0.2) is 4.98 Å². The maximum absolute atomic E-state index is 8.73. The first-order valence-corrected chi connectivity index (χ1v) is 6.06. The van der Waals surface area contributed by atoms with Crippen molar-refractivity contribution in [2.45, 2.75) is 6.42 Å². The van der Waals surface area contributed by atoms with Crippen LogP contribution in [0.15, 0.2) is 12.1 Å². The van der Waals surface area contributed by atoms with E-state index in [1.165, 1.54) is 0 Å². The van der Waals surface area contributed by atoms with Gasteiger partial charge in [-0.3, -0.25) is 0 Å². The van der Waals surface area contributed by atoms with Gasteiger partial charge >= 0.3 is 0 Å². The van der Waals surface area contributed by atoms with Crippen molar-refractivity contribution in [2.24, 2.45) is 0 Å². The third-order valence-electron chi connectivity index (χ3n) is 1.86. The SMILES string of the molecule is CSCCCNc1ccc(N)c(C#N)n1.